The number of rotatable bonds is 8. The van der Waals surface area contributed by atoms with Crippen molar-refractivity contribution in [2.75, 3.05) is 6.54 Å². The van der Waals surface area contributed by atoms with Gasteiger partial charge in [0.1, 0.15) is 0 Å². The first kappa shape index (κ1) is 16.5. The summed E-state index contributed by atoms with van der Waals surface area (Å²) in [4.78, 5) is 0. The monoisotopic (exact) mass is 291 g/mol. The van der Waals surface area contributed by atoms with Crippen LogP contribution in [0.4, 0.5) is 0 Å². The van der Waals surface area contributed by atoms with Crippen molar-refractivity contribution in [2.24, 2.45) is 11.3 Å². The highest BCUT2D eigenvalue weighted by molar-refractivity contribution is 5.13. The van der Waals surface area contributed by atoms with Gasteiger partial charge in [0.15, 0.2) is 0 Å². The van der Waals surface area contributed by atoms with Gasteiger partial charge in [0, 0.05) is 12.7 Å². The van der Waals surface area contributed by atoms with Crippen LogP contribution in [0.25, 0.3) is 0 Å². The van der Waals surface area contributed by atoms with Gasteiger partial charge in [0.05, 0.1) is 11.7 Å². The molecule has 0 amide bonds. The molecule has 3 heteroatoms. The van der Waals surface area contributed by atoms with Crippen LogP contribution < -0.4 is 5.32 Å². The zero-order valence-electron chi connectivity index (χ0n) is 14.4. The van der Waals surface area contributed by atoms with Crippen molar-refractivity contribution in [3.05, 3.63) is 18.0 Å². The number of nitrogens with zero attached hydrogens (tertiary/aromatic N) is 2. The van der Waals surface area contributed by atoms with Crippen LogP contribution in [-0.2, 0) is 6.54 Å². The Morgan fingerprint density at radius 3 is 2.57 bits per heavy atom. The van der Waals surface area contributed by atoms with E-state index in [1.807, 2.05) is 6.20 Å². The summed E-state index contributed by atoms with van der Waals surface area (Å²) in [6, 6.07) is 2.70. The third-order valence-corrected chi connectivity index (χ3v) is 4.97. The lowest BCUT2D eigenvalue weighted by molar-refractivity contribution is 0.148. The molecule has 1 saturated carbocycles. The van der Waals surface area contributed by atoms with Crippen LogP contribution in [0.15, 0.2) is 12.3 Å². The van der Waals surface area contributed by atoms with E-state index in [0.29, 0.717) is 11.5 Å². The zero-order valence-corrected chi connectivity index (χ0v) is 14.4. The van der Waals surface area contributed by atoms with Crippen LogP contribution in [0.3, 0.4) is 0 Å². The van der Waals surface area contributed by atoms with Gasteiger partial charge in [-0.05, 0) is 56.6 Å². The Morgan fingerprint density at radius 1 is 1.29 bits per heavy atom. The van der Waals surface area contributed by atoms with Crippen molar-refractivity contribution in [1.82, 2.24) is 15.1 Å². The summed E-state index contributed by atoms with van der Waals surface area (Å²) in [7, 11) is 0. The molecule has 0 aromatic carbocycles. The maximum absolute atomic E-state index is 4.52. The van der Waals surface area contributed by atoms with E-state index in [-0.39, 0.29) is 0 Å². The molecule has 1 atom stereocenters. The van der Waals surface area contributed by atoms with Crippen LogP contribution in [0.5, 0.6) is 0 Å². The minimum atomic E-state index is 0.427. The van der Waals surface area contributed by atoms with E-state index in [1.165, 1.54) is 44.2 Å². The third kappa shape index (κ3) is 3.68. The summed E-state index contributed by atoms with van der Waals surface area (Å²) in [5, 5.41) is 8.40. The van der Waals surface area contributed by atoms with Gasteiger partial charge in [-0.1, -0.05) is 33.6 Å². The maximum Gasteiger partial charge on any atom is 0.0559 e. The molecular weight excluding hydrogens is 258 g/mol. The van der Waals surface area contributed by atoms with Gasteiger partial charge in [-0.15, -0.1) is 0 Å². The number of hydrogen-bond donors (Lipinski definition) is 1. The van der Waals surface area contributed by atoms with Gasteiger partial charge >= 0.3 is 0 Å². The van der Waals surface area contributed by atoms with E-state index in [0.717, 1.165) is 19.0 Å². The van der Waals surface area contributed by atoms with Crippen LogP contribution in [0.1, 0.15) is 78.0 Å². The molecule has 21 heavy (non-hydrogen) atoms. The second-order valence-electron chi connectivity index (χ2n) is 7.13. The highest BCUT2D eigenvalue weighted by Crippen LogP contribution is 2.51. The highest BCUT2D eigenvalue weighted by Gasteiger charge is 2.43. The lowest BCUT2D eigenvalue weighted by Gasteiger charge is -2.40. The van der Waals surface area contributed by atoms with Crippen LogP contribution in [-0.4, -0.2) is 16.3 Å². The summed E-state index contributed by atoms with van der Waals surface area (Å²) >= 11 is 0. The standard InChI is InChI=1S/C18H33N3/c1-5-12-19-17(16-9-13-20-21(16)6-2)18(14-15(3)4)10-7-8-11-18/h9,13,15,17,19H,5-8,10-12,14H2,1-4H3. The maximum atomic E-state index is 4.52. The number of nitrogens with one attached hydrogen (secondary N) is 1. The fourth-order valence-corrected chi connectivity index (χ4v) is 4.28. The van der Waals surface area contributed by atoms with E-state index in [2.05, 4.69) is 48.9 Å². The van der Waals surface area contributed by atoms with Gasteiger partial charge in [0.2, 0.25) is 0 Å². The van der Waals surface area contributed by atoms with Crippen molar-refractivity contribution in [3.63, 3.8) is 0 Å². The molecule has 0 bridgehead atoms. The molecule has 1 aromatic rings. The molecule has 1 heterocycles. The molecule has 0 radical (unpaired) electrons. The van der Waals surface area contributed by atoms with E-state index >= 15 is 0 Å². The molecule has 3 nitrogen and oxygen atoms in total. The lowest BCUT2D eigenvalue weighted by Crippen LogP contribution is -2.39. The van der Waals surface area contributed by atoms with Crippen LogP contribution in [0.2, 0.25) is 0 Å². The third-order valence-electron chi connectivity index (χ3n) is 4.97. The summed E-state index contributed by atoms with van der Waals surface area (Å²) < 4.78 is 2.19. The van der Waals surface area contributed by atoms with E-state index in [4.69, 9.17) is 0 Å². The molecule has 120 valence electrons. The Labute approximate surface area is 130 Å². The zero-order chi connectivity index (χ0) is 15.3. The Kier molecular flexibility index (Phi) is 5.86. The smallest absolute Gasteiger partial charge is 0.0559 e. The predicted octanol–water partition coefficient (Wildman–Crippen LogP) is 4.55. The molecule has 1 aromatic heterocycles. The SMILES string of the molecule is CCCNC(c1ccnn1CC)C1(CC(C)C)CCCC1. The Hall–Kier alpha value is -0.830. The Balaban J connectivity index is 2.32. The summed E-state index contributed by atoms with van der Waals surface area (Å²) in [5.41, 5.74) is 1.82. The first-order valence-corrected chi connectivity index (χ1v) is 8.88. The minimum absolute atomic E-state index is 0.427. The average Bonchev–Trinajstić information content (AvgIpc) is 3.08. The number of aryl methyl sites for hydroxylation is 1. The first-order valence-electron chi connectivity index (χ1n) is 8.88. The van der Waals surface area contributed by atoms with Gasteiger partial charge in [-0.25, -0.2) is 0 Å². The Morgan fingerprint density at radius 2 is 2.00 bits per heavy atom. The van der Waals surface area contributed by atoms with Crippen LogP contribution >= 0.6 is 0 Å². The van der Waals surface area contributed by atoms with E-state index in [1.54, 1.807) is 0 Å². The molecule has 1 N–H and O–H groups in total. The second kappa shape index (κ2) is 7.44. The number of aromatic nitrogens is 2. The van der Waals surface area contributed by atoms with Crippen molar-refractivity contribution >= 4 is 0 Å². The molecule has 1 unspecified atom stereocenters. The van der Waals surface area contributed by atoms with Gasteiger partial charge < -0.3 is 5.32 Å². The van der Waals surface area contributed by atoms with Crippen molar-refractivity contribution in [1.29, 1.82) is 0 Å². The van der Waals surface area contributed by atoms with Gasteiger partial charge in [-0.2, -0.15) is 5.10 Å². The van der Waals surface area contributed by atoms with E-state index in [9.17, 15) is 0 Å². The van der Waals surface area contributed by atoms with E-state index < -0.39 is 0 Å². The summed E-state index contributed by atoms with van der Waals surface area (Å²) in [6.07, 6.45) is 9.98. The topological polar surface area (TPSA) is 29.9 Å². The molecule has 2 rings (SSSR count). The summed E-state index contributed by atoms with van der Waals surface area (Å²) in [5.74, 6) is 0.757. The lowest BCUT2D eigenvalue weighted by atomic mass is 9.71. The number of hydrogen-bond acceptors (Lipinski definition) is 2. The summed E-state index contributed by atoms with van der Waals surface area (Å²) in [6.45, 7) is 11.2. The molecule has 1 aliphatic rings. The fraction of sp³-hybridized carbons (Fsp3) is 0.833. The van der Waals surface area contributed by atoms with Gasteiger partial charge in [-0.3, -0.25) is 4.68 Å². The predicted molar refractivity (Wildman–Crippen MR) is 89.3 cm³/mol. The Bertz CT molecular complexity index is 416. The van der Waals surface area contributed by atoms with Crippen LogP contribution in [0, 0.1) is 11.3 Å². The molecule has 0 aliphatic heterocycles. The normalized spacial score (nSPS) is 19.3. The molecule has 0 saturated heterocycles. The molecule has 0 spiro atoms. The second-order valence-corrected chi connectivity index (χ2v) is 7.13. The van der Waals surface area contributed by atoms with Crippen molar-refractivity contribution < 1.29 is 0 Å². The largest absolute Gasteiger partial charge is 0.308 e. The fourth-order valence-electron chi connectivity index (χ4n) is 4.28. The average molecular weight is 291 g/mol. The van der Waals surface area contributed by atoms with Gasteiger partial charge in [0.25, 0.3) is 0 Å². The molecule has 1 fully saturated rings. The quantitative estimate of drug-likeness (QED) is 0.761. The van der Waals surface area contributed by atoms with Crippen molar-refractivity contribution in [2.45, 2.75) is 78.8 Å². The minimum Gasteiger partial charge on any atom is -0.308 e. The molecular formula is C18H33N3. The highest BCUT2D eigenvalue weighted by atomic mass is 15.3. The van der Waals surface area contributed by atoms with Crippen molar-refractivity contribution in [3.8, 4) is 0 Å². The first-order chi connectivity index (χ1) is 10.1. The molecule has 1 aliphatic carbocycles.